The average Bonchev–Trinajstić information content (AvgIpc) is 2.23. The standard InChI is InChI=1S/C11H11NO/c1-11(2)5-9(7-12)3-4-10(6-11)8-13/h3-6,8H,1-2H3. The van der Waals surface area contributed by atoms with Crippen LogP contribution in [-0.2, 0) is 4.79 Å². The first-order chi connectivity index (χ1) is 6.07. The van der Waals surface area contributed by atoms with Crippen LogP contribution in [0.4, 0.5) is 0 Å². The lowest BCUT2D eigenvalue weighted by Crippen LogP contribution is -2.03. The van der Waals surface area contributed by atoms with Gasteiger partial charge in [-0.1, -0.05) is 32.1 Å². The highest BCUT2D eigenvalue weighted by atomic mass is 16.1. The van der Waals surface area contributed by atoms with Crippen LogP contribution in [0.25, 0.3) is 0 Å². The zero-order valence-electron chi connectivity index (χ0n) is 7.74. The van der Waals surface area contributed by atoms with Crippen LogP contribution in [0.15, 0.2) is 35.5 Å². The Balaban J connectivity index is 3.15. The number of rotatable bonds is 1. The van der Waals surface area contributed by atoms with Crippen molar-refractivity contribution in [3.05, 3.63) is 35.5 Å². The summed E-state index contributed by atoms with van der Waals surface area (Å²) in [6, 6.07) is 2.07. The molecule has 0 saturated heterocycles. The normalized spacial score (nSPS) is 19.5. The summed E-state index contributed by atoms with van der Waals surface area (Å²) in [6.45, 7) is 3.92. The second-order valence-corrected chi connectivity index (χ2v) is 3.63. The summed E-state index contributed by atoms with van der Waals surface area (Å²) in [7, 11) is 0. The van der Waals surface area contributed by atoms with Crippen LogP contribution in [0, 0.1) is 16.7 Å². The molecule has 0 fully saturated rings. The SMILES string of the molecule is CC1(C)C=C(C#N)C=CC(C=O)=C1. The number of nitriles is 1. The molecule has 2 heteroatoms. The zero-order valence-corrected chi connectivity index (χ0v) is 7.74. The van der Waals surface area contributed by atoms with Crippen LogP contribution < -0.4 is 0 Å². The van der Waals surface area contributed by atoms with Gasteiger partial charge < -0.3 is 0 Å². The fourth-order valence-electron chi connectivity index (χ4n) is 1.30. The molecule has 0 bridgehead atoms. The molecule has 0 amide bonds. The van der Waals surface area contributed by atoms with E-state index >= 15 is 0 Å². The summed E-state index contributed by atoms with van der Waals surface area (Å²) in [4.78, 5) is 10.6. The van der Waals surface area contributed by atoms with Crippen molar-refractivity contribution in [2.75, 3.05) is 0 Å². The van der Waals surface area contributed by atoms with Crippen LogP contribution >= 0.6 is 0 Å². The first-order valence-electron chi connectivity index (χ1n) is 4.06. The van der Waals surface area contributed by atoms with Crippen LogP contribution in [0.2, 0.25) is 0 Å². The molecule has 2 nitrogen and oxygen atoms in total. The fraction of sp³-hybridized carbons (Fsp3) is 0.273. The quantitative estimate of drug-likeness (QED) is 0.570. The van der Waals surface area contributed by atoms with E-state index in [4.69, 9.17) is 5.26 Å². The molecule has 0 aliphatic heterocycles. The molecule has 0 saturated carbocycles. The van der Waals surface area contributed by atoms with E-state index < -0.39 is 0 Å². The molecular formula is C11H11NO. The maximum atomic E-state index is 10.6. The van der Waals surface area contributed by atoms with Gasteiger partial charge in [0.1, 0.15) is 6.29 Å². The van der Waals surface area contributed by atoms with Crippen LogP contribution in [0.3, 0.4) is 0 Å². The Kier molecular flexibility index (Phi) is 2.48. The zero-order chi connectivity index (χ0) is 9.90. The fourth-order valence-corrected chi connectivity index (χ4v) is 1.30. The molecule has 1 aliphatic rings. The minimum Gasteiger partial charge on any atom is -0.298 e. The Hall–Kier alpha value is -1.62. The second-order valence-electron chi connectivity index (χ2n) is 3.63. The van der Waals surface area contributed by atoms with Crippen molar-refractivity contribution in [3.8, 4) is 6.07 Å². The summed E-state index contributed by atoms with van der Waals surface area (Å²) >= 11 is 0. The van der Waals surface area contributed by atoms with Crippen LogP contribution in [0.5, 0.6) is 0 Å². The number of allylic oxidation sites excluding steroid dienone is 6. The average molecular weight is 173 g/mol. The highest BCUT2D eigenvalue weighted by molar-refractivity contribution is 5.78. The van der Waals surface area contributed by atoms with Gasteiger partial charge in [-0.15, -0.1) is 0 Å². The highest BCUT2D eigenvalue weighted by Gasteiger charge is 2.14. The topological polar surface area (TPSA) is 40.9 Å². The summed E-state index contributed by atoms with van der Waals surface area (Å²) in [5.41, 5.74) is 0.981. The lowest BCUT2D eigenvalue weighted by atomic mass is 9.90. The van der Waals surface area contributed by atoms with E-state index in [-0.39, 0.29) is 5.41 Å². The minimum atomic E-state index is -0.231. The smallest absolute Gasteiger partial charge is 0.149 e. The van der Waals surface area contributed by atoms with Crippen molar-refractivity contribution < 1.29 is 4.79 Å². The van der Waals surface area contributed by atoms with Crippen LogP contribution in [0.1, 0.15) is 13.8 Å². The van der Waals surface area contributed by atoms with Crippen molar-refractivity contribution in [2.45, 2.75) is 13.8 Å². The van der Waals surface area contributed by atoms with Gasteiger partial charge in [-0.05, 0) is 6.08 Å². The lowest BCUT2D eigenvalue weighted by molar-refractivity contribution is -0.104. The molecule has 66 valence electrons. The Morgan fingerprint density at radius 3 is 2.62 bits per heavy atom. The first-order valence-corrected chi connectivity index (χ1v) is 4.06. The Morgan fingerprint density at radius 2 is 2.08 bits per heavy atom. The van der Waals surface area contributed by atoms with Gasteiger partial charge in [0, 0.05) is 16.6 Å². The number of carbonyl (C=O) groups excluding carboxylic acids is 1. The van der Waals surface area contributed by atoms with Gasteiger partial charge in [-0.3, -0.25) is 4.79 Å². The molecule has 0 atom stereocenters. The molecule has 1 aliphatic carbocycles. The molecule has 0 heterocycles. The van der Waals surface area contributed by atoms with Gasteiger partial charge in [0.15, 0.2) is 0 Å². The van der Waals surface area contributed by atoms with Crippen molar-refractivity contribution in [1.29, 1.82) is 5.26 Å². The van der Waals surface area contributed by atoms with E-state index in [1.165, 1.54) is 0 Å². The Morgan fingerprint density at radius 1 is 1.38 bits per heavy atom. The number of nitrogens with zero attached hydrogens (tertiary/aromatic N) is 1. The van der Waals surface area contributed by atoms with Crippen LogP contribution in [-0.4, -0.2) is 6.29 Å². The van der Waals surface area contributed by atoms with E-state index in [1.807, 2.05) is 26.0 Å². The number of hydrogen-bond acceptors (Lipinski definition) is 2. The van der Waals surface area contributed by atoms with E-state index in [1.54, 1.807) is 12.2 Å². The van der Waals surface area contributed by atoms with E-state index in [9.17, 15) is 4.79 Å². The molecule has 0 unspecified atom stereocenters. The summed E-state index contributed by atoms with van der Waals surface area (Å²) < 4.78 is 0. The van der Waals surface area contributed by atoms with E-state index in [0.717, 1.165) is 6.29 Å². The van der Waals surface area contributed by atoms with Gasteiger partial charge >= 0.3 is 0 Å². The van der Waals surface area contributed by atoms with Crippen molar-refractivity contribution in [3.63, 3.8) is 0 Å². The third-order valence-corrected chi connectivity index (χ3v) is 1.79. The van der Waals surface area contributed by atoms with Crippen molar-refractivity contribution in [1.82, 2.24) is 0 Å². The molecule has 0 radical (unpaired) electrons. The van der Waals surface area contributed by atoms with Gasteiger partial charge in [-0.25, -0.2) is 0 Å². The van der Waals surface area contributed by atoms with Gasteiger partial charge in [0.05, 0.1) is 6.07 Å². The predicted octanol–water partition coefficient (Wildman–Crippen LogP) is 2.16. The summed E-state index contributed by atoms with van der Waals surface area (Å²) in [5.74, 6) is 0. The first kappa shape index (κ1) is 9.47. The van der Waals surface area contributed by atoms with Gasteiger partial charge in [-0.2, -0.15) is 5.26 Å². The maximum absolute atomic E-state index is 10.6. The van der Waals surface area contributed by atoms with Crippen molar-refractivity contribution >= 4 is 6.29 Å². The molecule has 0 N–H and O–H groups in total. The predicted molar refractivity (Wildman–Crippen MR) is 50.8 cm³/mol. The molecular weight excluding hydrogens is 162 g/mol. The molecule has 0 aromatic heterocycles. The van der Waals surface area contributed by atoms with Gasteiger partial charge in [0.2, 0.25) is 0 Å². The Labute approximate surface area is 77.9 Å². The summed E-state index contributed by atoms with van der Waals surface area (Å²) in [5, 5.41) is 8.73. The number of aldehydes is 1. The molecule has 0 aromatic rings. The maximum Gasteiger partial charge on any atom is 0.149 e. The lowest BCUT2D eigenvalue weighted by Gasteiger charge is -2.13. The van der Waals surface area contributed by atoms with E-state index in [2.05, 4.69) is 6.07 Å². The van der Waals surface area contributed by atoms with E-state index in [0.29, 0.717) is 11.1 Å². The Bertz CT molecular complexity index is 351. The molecule has 0 aromatic carbocycles. The number of carbonyl (C=O) groups is 1. The van der Waals surface area contributed by atoms with Crippen molar-refractivity contribution in [2.24, 2.45) is 5.41 Å². The monoisotopic (exact) mass is 173 g/mol. The summed E-state index contributed by atoms with van der Waals surface area (Å²) in [6.07, 6.45) is 7.82. The second kappa shape index (κ2) is 3.40. The molecule has 1 rings (SSSR count). The molecule has 0 spiro atoms. The van der Waals surface area contributed by atoms with Gasteiger partial charge in [0.25, 0.3) is 0 Å². The molecule has 13 heavy (non-hydrogen) atoms. The number of hydrogen-bond donors (Lipinski definition) is 0. The minimum absolute atomic E-state index is 0.231. The largest absolute Gasteiger partial charge is 0.298 e. The third kappa shape index (κ3) is 2.41. The highest BCUT2D eigenvalue weighted by Crippen LogP contribution is 2.25. The third-order valence-electron chi connectivity index (χ3n) is 1.79.